The average molecular weight is 586 g/mol. The molecule has 0 unspecified atom stereocenters. The van der Waals surface area contributed by atoms with Gasteiger partial charge in [0.15, 0.2) is 4.30 Å². The Balaban J connectivity index is -0.0000000288. The number of rotatable bonds is 3. The van der Waals surface area contributed by atoms with Crippen molar-refractivity contribution in [2.75, 3.05) is 6.61 Å². The summed E-state index contributed by atoms with van der Waals surface area (Å²) in [6.07, 6.45) is 0. The summed E-state index contributed by atoms with van der Waals surface area (Å²) in [4.78, 5) is 20.1. The van der Waals surface area contributed by atoms with Crippen molar-refractivity contribution in [3.05, 3.63) is 0 Å². The first kappa shape index (κ1) is 57.6. The maximum absolute atomic E-state index is 10.6. The second-order valence-corrected chi connectivity index (χ2v) is 10.1. The zero-order valence-electron chi connectivity index (χ0n) is 16.1. The standard InChI is InChI=1S/C7H12O3S2.C3H6O.C2H4S2.CHCl3.2CH4.ClH.Na.H2O/c1-4-10-6(11)12-7(2,3)5(8)9;1-3(2)4;1-2(3)4;2-1(3)4;;;;;/h4H2,1-3H3,(H,8,9);1-2H3;1H3,(H,3,4);1H;2*1H4;1H;;1H2/q;;;;;;;+1;/p-1. The van der Waals surface area contributed by atoms with Gasteiger partial charge in [-0.15, -0.1) is 25.0 Å². The number of aliphatic carboxylic acids is 1. The van der Waals surface area contributed by atoms with Crippen LogP contribution in [0.5, 0.6) is 0 Å². The number of hydrogen-bond acceptors (Lipinski definition) is 7. The van der Waals surface area contributed by atoms with Crippen molar-refractivity contribution >= 4 is 116 Å². The molecule has 0 rings (SSSR count). The van der Waals surface area contributed by atoms with E-state index in [0.717, 1.165) is 11.8 Å². The van der Waals surface area contributed by atoms with Gasteiger partial charge in [0, 0.05) is 4.20 Å². The number of thiocarbonyl (C=S) groups is 2. The number of carbonyl (C=O) groups excluding carboxylic acids is 1. The van der Waals surface area contributed by atoms with Gasteiger partial charge in [-0.2, -0.15) is 0 Å². The molecule has 176 valence electrons. The fourth-order valence-electron chi connectivity index (χ4n) is 0.399. The van der Waals surface area contributed by atoms with Crippen LogP contribution in [0.3, 0.4) is 0 Å². The van der Waals surface area contributed by atoms with Crippen LogP contribution in [0.4, 0.5) is 0 Å². The summed E-state index contributed by atoms with van der Waals surface area (Å²) in [5.74, 6) is -0.727. The Bertz CT molecular complexity index is 382. The largest absolute Gasteiger partial charge is 1.00 e. The van der Waals surface area contributed by atoms with E-state index in [2.05, 4.69) is 24.8 Å². The summed E-state index contributed by atoms with van der Waals surface area (Å²) < 4.78 is 4.28. The van der Waals surface area contributed by atoms with Crippen LogP contribution in [0.15, 0.2) is 0 Å². The van der Waals surface area contributed by atoms with Gasteiger partial charge in [-0.1, -0.05) is 73.6 Å². The van der Waals surface area contributed by atoms with Crippen molar-refractivity contribution in [1.82, 2.24) is 0 Å². The summed E-state index contributed by atoms with van der Waals surface area (Å²) in [6.45, 7) is 10.3. The van der Waals surface area contributed by atoms with Crippen LogP contribution < -0.4 is 29.6 Å². The van der Waals surface area contributed by atoms with Crippen molar-refractivity contribution in [3.63, 3.8) is 0 Å². The van der Waals surface area contributed by atoms with Crippen LogP contribution in [0.25, 0.3) is 0 Å². The molecule has 5 nitrogen and oxygen atoms in total. The number of Topliss-reactive ketones (excluding diaryl/α,β-unsaturated/α-hetero) is 1. The molecule has 2 N–H and O–H groups in total. The molecule has 0 fully saturated rings. The third-order valence-corrected chi connectivity index (χ3v) is 2.45. The average Bonchev–Trinajstić information content (AvgIpc) is 2.25. The molecule has 29 heavy (non-hydrogen) atoms. The van der Waals surface area contributed by atoms with E-state index in [1.165, 1.54) is 13.8 Å². The van der Waals surface area contributed by atoms with Gasteiger partial charge in [0.2, 0.25) is 4.38 Å². The fourth-order valence-corrected chi connectivity index (χ4v) is 1.82. The van der Waals surface area contributed by atoms with Crippen LogP contribution in [0, 0.1) is 0 Å². The number of carboxylic acids is 1. The van der Waals surface area contributed by atoms with E-state index in [0.29, 0.717) is 10.8 Å². The van der Waals surface area contributed by atoms with Gasteiger partial charge in [0.05, 0.1) is 6.61 Å². The monoisotopic (exact) mass is 584 g/mol. The molecule has 0 radical (unpaired) electrons. The minimum atomic E-state index is -0.910. The number of thiol groups is 1. The Morgan fingerprint density at radius 3 is 1.48 bits per heavy atom. The molecule has 0 aliphatic rings. The van der Waals surface area contributed by atoms with Crippen molar-refractivity contribution in [3.8, 4) is 0 Å². The summed E-state index contributed by atoms with van der Waals surface area (Å²) in [5, 5.41) is 8.72. The number of ether oxygens (including phenoxy) is 1. The van der Waals surface area contributed by atoms with E-state index in [-0.39, 0.29) is 72.5 Å². The van der Waals surface area contributed by atoms with Crippen LogP contribution in [0.1, 0.15) is 56.4 Å². The number of thioether (sulfide) groups is 1. The van der Waals surface area contributed by atoms with Gasteiger partial charge in [-0.05, 0) is 53.8 Å². The smallest absolute Gasteiger partial charge is 0.870 e. The molecular formula is C15H33Cl4NaO5S4. The number of ketones is 1. The summed E-state index contributed by atoms with van der Waals surface area (Å²) in [6, 6.07) is 0. The van der Waals surface area contributed by atoms with E-state index >= 15 is 0 Å². The molecule has 0 spiro atoms. The van der Waals surface area contributed by atoms with Crippen molar-refractivity contribution in [1.29, 1.82) is 0 Å². The quantitative estimate of drug-likeness (QED) is 0.219. The molecule has 14 heteroatoms. The van der Waals surface area contributed by atoms with E-state index in [1.807, 2.05) is 0 Å². The Labute approximate surface area is 240 Å². The molecule has 0 aliphatic heterocycles. The number of carbonyl (C=O) groups is 2. The Morgan fingerprint density at radius 2 is 1.34 bits per heavy atom. The molecular weight excluding hydrogens is 553 g/mol. The summed E-state index contributed by atoms with van der Waals surface area (Å²) in [7, 11) is 0. The Morgan fingerprint density at radius 1 is 1.14 bits per heavy atom. The van der Waals surface area contributed by atoms with E-state index in [4.69, 9.17) is 56.9 Å². The van der Waals surface area contributed by atoms with Crippen molar-refractivity contribution in [2.45, 2.75) is 65.4 Å². The van der Waals surface area contributed by atoms with Crippen LogP contribution in [0.2, 0.25) is 0 Å². The molecule has 0 bridgehead atoms. The van der Waals surface area contributed by atoms with E-state index in [9.17, 15) is 9.59 Å². The third-order valence-electron chi connectivity index (χ3n) is 1.12. The molecule has 0 aromatic heterocycles. The molecule has 0 heterocycles. The van der Waals surface area contributed by atoms with E-state index < -0.39 is 15.0 Å². The molecule has 0 saturated heterocycles. The third kappa shape index (κ3) is 92.0. The number of alkyl halides is 3. The van der Waals surface area contributed by atoms with Crippen molar-refractivity contribution < 1.29 is 54.5 Å². The first-order valence-corrected chi connectivity index (χ1v) is 9.67. The zero-order chi connectivity index (χ0) is 20.5. The molecule has 0 amide bonds. The molecule has 0 aliphatic carbocycles. The van der Waals surface area contributed by atoms with E-state index in [1.54, 1.807) is 27.7 Å². The molecule has 0 atom stereocenters. The minimum Gasteiger partial charge on any atom is -0.870 e. The predicted molar refractivity (Wildman–Crippen MR) is 141 cm³/mol. The number of halogens is 4. The first-order chi connectivity index (χ1) is 10.6. The maximum atomic E-state index is 10.6. The Hall–Kier alpha value is 1.94. The first-order valence-electron chi connectivity index (χ1n) is 6.28. The molecule has 0 saturated carbocycles. The molecule has 0 aromatic rings. The van der Waals surface area contributed by atoms with Gasteiger partial charge in [0.25, 0.3) is 0 Å². The summed E-state index contributed by atoms with van der Waals surface area (Å²) >= 11 is 28.4. The zero-order valence-corrected chi connectivity index (χ0v) is 24.5. The van der Waals surface area contributed by atoms with Gasteiger partial charge in [0.1, 0.15) is 10.5 Å². The number of hydrogen-bond donors (Lipinski definition) is 2. The van der Waals surface area contributed by atoms with Crippen LogP contribution in [-0.4, -0.2) is 46.6 Å². The minimum absolute atomic E-state index is 0. The Kier molecular flexibility index (Phi) is 74.0. The van der Waals surface area contributed by atoms with Gasteiger partial charge >= 0.3 is 35.5 Å². The predicted octanol–water partition coefficient (Wildman–Crippen LogP) is 4.27. The normalized spacial score (nSPS) is 7.55. The molecule has 0 aromatic carbocycles. The van der Waals surface area contributed by atoms with Crippen LogP contribution in [-0.2, 0) is 14.3 Å². The number of carboxylic acid groups (broad SMARTS) is 1. The summed E-state index contributed by atoms with van der Waals surface area (Å²) in [5.41, 5.74) is 0. The van der Waals surface area contributed by atoms with Crippen molar-refractivity contribution in [2.24, 2.45) is 0 Å². The van der Waals surface area contributed by atoms with Gasteiger partial charge in [-0.3, -0.25) is 4.79 Å². The topological polar surface area (TPSA) is 93.6 Å². The van der Waals surface area contributed by atoms with Gasteiger partial charge in [-0.25, -0.2) is 0 Å². The maximum Gasteiger partial charge on any atom is 1.00 e. The fraction of sp³-hybridized carbons (Fsp3) is 0.733. The second kappa shape index (κ2) is 37.3. The van der Waals surface area contributed by atoms with Crippen LogP contribution >= 0.6 is 96.0 Å². The second-order valence-electron chi connectivity index (χ2n) is 4.28. The SMILES string of the molecule is C.C.CC(=S)S.CC(C)=O.CCOC(=S)SC(C)(C)C(=O)O.Cl.ClC(Cl)Cl.[Na+].[OH-]. The van der Waals surface area contributed by atoms with Gasteiger partial charge < -0.3 is 20.1 Å².